The third-order valence-corrected chi connectivity index (χ3v) is 4.48. The first-order valence-electron chi connectivity index (χ1n) is 7.37. The summed E-state index contributed by atoms with van der Waals surface area (Å²) in [5.41, 5.74) is 2.59. The molecule has 1 fully saturated rings. The van der Waals surface area contributed by atoms with Gasteiger partial charge in [0, 0.05) is 36.7 Å². The van der Waals surface area contributed by atoms with E-state index in [1.54, 1.807) is 12.4 Å². The number of anilines is 3. The van der Waals surface area contributed by atoms with Gasteiger partial charge < -0.3 is 10.2 Å². The molecule has 0 atom stereocenters. The van der Waals surface area contributed by atoms with E-state index in [1.165, 1.54) is 0 Å². The van der Waals surface area contributed by atoms with Crippen LogP contribution in [-0.4, -0.2) is 26.8 Å². The van der Waals surface area contributed by atoms with Crippen LogP contribution in [0.2, 0.25) is 0 Å². The lowest BCUT2D eigenvalue weighted by molar-refractivity contribution is -0.117. The van der Waals surface area contributed by atoms with Gasteiger partial charge in [-0.2, -0.15) is 0 Å². The average Bonchev–Trinajstić information content (AvgIpc) is 3.16. The molecule has 4 rings (SSSR count). The molecule has 2 aromatic heterocycles. The second-order valence-corrected chi connectivity index (χ2v) is 6.18. The number of aromatic nitrogens is 3. The summed E-state index contributed by atoms with van der Waals surface area (Å²) >= 11 is 3.45. The van der Waals surface area contributed by atoms with Gasteiger partial charge in [0.05, 0.1) is 6.20 Å². The maximum Gasteiger partial charge on any atom is 0.227 e. The Morgan fingerprint density at radius 1 is 1.17 bits per heavy atom. The van der Waals surface area contributed by atoms with Crippen molar-refractivity contribution in [3.05, 3.63) is 47.5 Å². The van der Waals surface area contributed by atoms with Gasteiger partial charge in [-0.25, -0.2) is 9.97 Å². The van der Waals surface area contributed by atoms with Crippen molar-refractivity contribution in [2.45, 2.75) is 12.8 Å². The van der Waals surface area contributed by atoms with Crippen LogP contribution in [0.4, 0.5) is 17.2 Å². The van der Waals surface area contributed by atoms with E-state index in [4.69, 9.17) is 0 Å². The van der Waals surface area contributed by atoms with Crippen molar-refractivity contribution in [3.63, 3.8) is 0 Å². The third-order valence-electron chi connectivity index (χ3n) is 3.90. The van der Waals surface area contributed by atoms with Crippen molar-refractivity contribution >= 4 is 44.7 Å². The first-order valence-corrected chi connectivity index (χ1v) is 8.17. The van der Waals surface area contributed by atoms with Gasteiger partial charge in [0.15, 0.2) is 11.5 Å². The molecule has 1 N–H and O–H groups in total. The maximum absolute atomic E-state index is 11.8. The van der Waals surface area contributed by atoms with Crippen LogP contribution in [0.25, 0.3) is 5.65 Å². The Hall–Kier alpha value is -2.41. The Morgan fingerprint density at radius 3 is 2.74 bits per heavy atom. The molecule has 1 amide bonds. The Balaban J connectivity index is 1.60. The monoisotopic (exact) mass is 371 g/mol. The lowest BCUT2D eigenvalue weighted by atomic mass is 10.2. The van der Waals surface area contributed by atoms with Crippen LogP contribution in [0, 0.1) is 0 Å². The van der Waals surface area contributed by atoms with Gasteiger partial charge in [-0.3, -0.25) is 9.20 Å². The van der Waals surface area contributed by atoms with Crippen LogP contribution < -0.4 is 10.2 Å². The summed E-state index contributed by atoms with van der Waals surface area (Å²) in [7, 11) is 0. The molecule has 3 heterocycles. The van der Waals surface area contributed by atoms with E-state index in [0.29, 0.717) is 12.2 Å². The summed E-state index contributed by atoms with van der Waals surface area (Å²) in [6.07, 6.45) is 6.88. The van der Waals surface area contributed by atoms with E-state index in [1.807, 2.05) is 39.8 Å². The summed E-state index contributed by atoms with van der Waals surface area (Å²) in [5.74, 6) is 0.877. The minimum atomic E-state index is 0.194. The number of amides is 1. The van der Waals surface area contributed by atoms with Crippen molar-refractivity contribution in [3.8, 4) is 0 Å². The molecule has 0 aliphatic carbocycles. The molecule has 116 valence electrons. The van der Waals surface area contributed by atoms with Gasteiger partial charge in [0.1, 0.15) is 4.60 Å². The van der Waals surface area contributed by atoms with Crippen LogP contribution in [0.15, 0.2) is 47.5 Å². The lowest BCUT2D eigenvalue weighted by Gasteiger charge is -2.16. The lowest BCUT2D eigenvalue weighted by Crippen LogP contribution is -2.23. The number of benzene rings is 1. The van der Waals surface area contributed by atoms with E-state index in [-0.39, 0.29) is 5.91 Å². The molecule has 0 unspecified atom stereocenters. The molecule has 1 aromatic carbocycles. The molecule has 3 aromatic rings. The molecule has 23 heavy (non-hydrogen) atoms. The van der Waals surface area contributed by atoms with Crippen LogP contribution in [0.3, 0.4) is 0 Å². The van der Waals surface area contributed by atoms with E-state index in [9.17, 15) is 4.79 Å². The summed E-state index contributed by atoms with van der Waals surface area (Å²) in [5, 5.41) is 3.27. The summed E-state index contributed by atoms with van der Waals surface area (Å²) < 4.78 is 2.79. The highest BCUT2D eigenvalue weighted by molar-refractivity contribution is 9.10. The van der Waals surface area contributed by atoms with Crippen LogP contribution >= 0.6 is 15.9 Å². The number of rotatable bonds is 3. The molecule has 0 spiro atoms. The standard InChI is InChI=1S/C16H14BrN5O/c17-13-10-19-16-15(18-7-9-22(13)16)20-11-3-5-12(6-4-11)21-8-1-2-14(21)23/h3-7,9-10H,1-2,8H2,(H,18,20). The maximum atomic E-state index is 11.8. The Labute approximate surface area is 141 Å². The van der Waals surface area contributed by atoms with Crippen LogP contribution in [-0.2, 0) is 4.79 Å². The predicted molar refractivity (Wildman–Crippen MR) is 92.0 cm³/mol. The molecule has 1 aliphatic rings. The topological polar surface area (TPSA) is 62.5 Å². The molecule has 1 aliphatic heterocycles. The van der Waals surface area contributed by atoms with Gasteiger partial charge in [0.25, 0.3) is 0 Å². The molecule has 0 radical (unpaired) electrons. The zero-order valence-corrected chi connectivity index (χ0v) is 13.8. The van der Waals surface area contributed by atoms with Crippen molar-refractivity contribution in [1.29, 1.82) is 0 Å². The van der Waals surface area contributed by atoms with Gasteiger partial charge >= 0.3 is 0 Å². The number of halogens is 1. The number of nitrogens with one attached hydrogen (secondary N) is 1. The van der Waals surface area contributed by atoms with E-state index < -0.39 is 0 Å². The highest BCUT2D eigenvalue weighted by Crippen LogP contribution is 2.25. The van der Waals surface area contributed by atoms with Gasteiger partial charge in [0.2, 0.25) is 5.91 Å². The van der Waals surface area contributed by atoms with Crippen molar-refractivity contribution in [2.24, 2.45) is 0 Å². The second kappa shape index (κ2) is 5.66. The minimum absolute atomic E-state index is 0.194. The van der Waals surface area contributed by atoms with E-state index in [2.05, 4.69) is 31.2 Å². The molecule has 1 saturated heterocycles. The number of hydrogen-bond donors (Lipinski definition) is 1. The van der Waals surface area contributed by atoms with E-state index >= 15 is 0 Å². The fraction of sp³-hybridized carbons (Fsp3) is 0.188. The molecular weight excluding hydrogens is 358 g/mol. The number of imidazole rings is 1. The fourth-order valence-electron chi connectivity index (χ4n) is 2.76. The molecule has 6 nitrogen and oxygen atoms in total. The number of fused-ring (bicyclic) bond motifs is 1. The first kappa shape index (κ1) is 14.2. The summed E-state index contributed by atoms with van der Waals surface area (Å²) in [6.45, 7) is 0.800. The summed E-state index contributed by atoms with van der Waals surface area (Å²) in [4.78, 5) is 22.3. The first-order chi connectivity index (χ1) is 11.2. The zero-order chi connectivity index (χ0) is 15.8. The van der Waals surface area contributed by atoms with Gasteiger partial charge in [-0.15, -0.1) is 0 Å². The van der Waals surface area contributed by atoms with Gasteiger partial charge in [-0.05, 0) is 46.6 Å². The number of hydrogen-bond acceptors (Lipinski definition) is 4. The minimum Gasteiger partial charge on any atom is -0.337 e. The largest absolute Gasteiger partial charge is 0.337 e. The Morgan fingerprint density at radius 2 is 2.00 bits per heavy atom. The molecule has 7 heteroatoms. The number of carbonyl (C=O) groups excluding carboxylic acids is 1. The smallest absolute Gasteiger partial charge is 0.227 e. The fourth-order valence-corrected chi connectivity index (χ4v) is 3.15. The molecular formula is C16H14BrN5O. The highest BCUT2D eigenvalue weighted by Gasteiger charge is 2.21. The second-order valence-electron chi connectivity index (χ2n) is 5.37. The number of nitrogens with zero attached hydrogens (tertiary/aromatic N) is 4. The zero-order valence-electron chi connectivity index (χ0n) is 12.2. The number of carbonyl (C=O) groups is 1. The molecule has 0 saturated carbocycles. The predicted octanol–water partition coefficient (Wildman–Crippen LogP) is 3.36. The molecule has 0 bridgehead atoms. The third kappa shape index (κ3) is 2.57. The van der Waals surface area contributed by atoms with E-state index in [0.717, 1.165) is 34.6 Å². The Bertz CT molecular complexity index is 874. The van der Waals surface area contributed by atoms with Crippen molar-refractivity contribution in [2.75, 3.05) is 16.8 Å². The quantitative estimate of drug-likeness (QED) is 0.766. The van der Waals surface area contributed by atoms with Crippen molar-refractivity contribution < 1.29 is 4.79 Å². The SMILES string of the molecule is O=C1CCCN1c1ccc(Nc2nccn3c(Br)cnc23)cc1. The van der Waals surface area contributed by atoms with Crippen molar-refractivity contribution in [1.82, 2.24) is 14.4 Å². The average molecular weight is 372 g/mol. The highest BCUT2D eigenvalue weighted by atomic mass is 79.9. The van der Waals surface area contributed by atoms with Crippen LogP contribution in [0.1, 0.15) is 12.8 Å². The Kier molecular flexibility index (Phi) is 3.49. The van der Waals surface area contributed by atoms with Crippen LogP contribution in [0.5, 0.6) is 0 Å². The van der Waals surface area contributed by atoms with Gasteiger partial charge in [-0.1, -0.05) is 0 Å². The summed E-state index contributed by atoms with van der Waals surface area (Å²) in [6, 6.07) is 7.80. The normalized spacial score (nSPS) is 14.7.